The predicted octanol–water partition coefficient (Wildman–Crippen LogP) is 4.05. The minimum atomic E-state index is -0.597. The van der Waals surface area contributed by atoms with E-state index >= 15 is 0 Å². The maximum atomic E-state index is 14.1. The Morgan fingerprint density at radius 2 is 1.92 bits per heavy atom. The fourth-order valence-electron chi connectivity index (χ4n) is 3.36. The molecule has 0 radical (unpaired) electrons. The Morgan fingerprint density at radius 3 is 2.54 bits per heavy atom. The number of carbonyl (C=O) groups excluding carboxylic acids is 1. The number of rotatable bonds is 6. The average Bonchev–Trinajstić information content (AvgIpc) is 3.25. The van der Waals surface area contributed by atoms with E-state index in [1.165, 1.54) is 12.1 Å². The van der Waals surface area contributed by atoms with Gasteiger partial charge in [0, 0.05) is 18.0 Å². The number of ether oxygens (including phenoxy) is 1. The summed E-state index contributed by atoms with van der Waals surface area (Å²) in [5.74, 6) is -0.550. The molecule has 0 spiro atoms. The van der Waals surface area contributed by atoms with Crippen LogP contribution in [0, 0.1) is 31.4 Å². The molecule has 26 heavy (non-hydrogen) atoms. The van der Waals surface area contributed by atoms with Crippen molar-refractivity contribution in [1.29, 1.82) is 0 Å². The molecule has 0 saturated heterocycles. The van der Waals surface area contributed by atoms with Crippen LogP contribution in [0.2, 0.25) is 0 Å². The van der Waals surface area contributed by atoms with Crippen molar-refractivity contribution in [3.05, 3.63) is 64.7 Å². The fourth-order valence-corrected chi connectivity index (χ4v) is 3.36. The Hall–Kier alpha value is -2.43. The van der Waals surface area contributed by atoms with Crippen LogP contribution >= 0.6 is 0 Å². The van der Waals surface area contributed by atoms with Crippen LogP contribution in [0.5, 0.6) is 5.75 Å². The Balaban J connectivity index is 1.58. The molecule has 1 amide bonds. The normalized spacial score (nSPS) is 21.3. The molecule has 5 heteroatoms. The van der Waals surface area contributed by atoms with Gasteiger partial charge in [-0.25, -0.2) is 8.78 Å². The number of nitrogens with one attached hydrogen (secondary N) is 1. The molecule has 0 aromatic heterocycles. The van der Waals surface area contributed by atoms with Crippen molar-refractivity contribution in [3.63, 3.8) is 0 Å². The van der Waals surface area contributed by atoms with Crippen molar-refractivity contribution in [3.8, 4) is 5.75 Å². The zero-order valence-corrected chi connectivity index (χ0v) is 15.2. The van der Waals surface area contributed by atoms with Crippen molar-refractivity contribution in [2.24, 2.45) is 5.92 Å². The van der Waals surface area contributed by atoms with Crippen LogP contribution in [0.1, 0.15) is 30.0 Å². The van der Waals surface area contributed by atoms with Gasteiger partial charge in [-0.05, 0) is 61.1 Å². The molecule has 1 aliphatic rings. The summed E-state index contributed by atoms with van der Waals surface area (Å²) in [6, 6.07) is 9.30. The summed E-state index contributed by atoms with van der Waals surface area (Å²) < 4.78 is 32.8. The highest BCUT2D eigenvalue weighted by Crippen LogP contribution is 2.54. The maximum absolute atomic E-state index is 14.1. The zero-order valence-electron chi connectivity index (χ0n) is 15.2. The third kappa shape index (κ3) is 3.71. The summed E-state index contributed by atoms with van der Waals surface area (Å²) in [6.07, 6.45) is 0.758. The van der Waals surface area contributed by atoms with Crippen LogP contribution in [0.25, 0.3) is 0 Å². The lowest BCUT2D eigenvalue weighted by Gasteiger charge is -2.19. The summed E-state index contributed by atoms with van der Waals surface area (Å²) in [5.41, 5.74) is 2.25. The van der Waals surface area contributed by atoms with Gasteiger partial charge >= 0.3 is 0 Å². The first-order valence-corrected chi connectivity index (χ1v) is 8.74. The van der Waals surface area contributed by atoms with E-state index in [0.29, 0.717) is 17.9 Å². The molecule has 0 bridgehead atoms. The lowest BCUT2D eigenvalue weighted by molar-refractivity contribution is -0.123. The van der Waals surface area contributed by atoms with Crippen molar-refractivity contribution in [2.45, 2.75) is 32.6 Å². The molecule has 2 unspecified atom stereocenters. The van der Waals surface area contributed by atoms with Gasteiger partial charge in [-0.3, -0.25) is 4.79 Å². The summed E-state index contributed by atoms with van der Waals surface area (Å²) in [4.78, 5) is 12.1. The second kappa shape index (κ2) is 7.06. The van der Waals surface area contributed by atoms with E-state index < -0.39 is 17.0 Å². The summed E-state index contributed by atoms with van der Waals surface area (Å²) >= 11 is 0. The quantitative estimate of drug-likeness (QED) is 0.845. The van der Waals surface area contributed by atoms with Crippen LogP contribution in [-0.2, 0) is 10.2 Å². The largest absolute Gasteiger partial charge is 0.484 e. The van der Waals surface area contributed by atoms with Gasteiger partial charge in [0.2, 0.25) is 0 Å². The SMILES string of the molecule is Cc1ccc(OCC(=O)NCC2(c3ccc(F)cc3F)CC2C)cc1C. The van der Waals surface area contributed by atoms with Gasteiger partial charge in [0.05, 0.1) is 0 Å². The topological polar surface area (TPSA) is 38.3 Å². The molecule has 1 saturated carbocycles. The molecule has 2 atom stereocenters. The molecule has 3 nitrogen and oxygen atoms in total. The average molecular weight is 359 g/mol. The Labute approximate surface area is 152 Å². The van der Waals surface area contributed by atoms with Crippen molar-refractivity contribution >= 4 is 5.91 Å². The lowest BCUT2D eigenvalue weighted by Crippen LogP contribution is -2.36. The maximum Gasteiger partial charge on any atom is 0.257 e. The van der Waals surface area contributed by atoms with Gasteiger partial charge in [0.25, 0.3) is 5.91 Å². The van der Waals surface area contributed by atoms with Crippen LogP contribution in [0.4, 0.5) is 8.78 Å². The Morgan fingerprint density at radius 1 is 1.19 bits per heavy atom. The molecule has 0 aliphatic heterocycles. The molecule has 3 rings (SSSR count). The summed E-state index contributed by atoms with van der Waals surface area (Å²) in [6.45, 7) is 6.21. The van der Waals surface area contributed by atoms with Crippen LogP contribution in [0.15, 0.2) is 36.4 Å². The van der Waals surface area contributed by atoms with E-state index in [9.17, 15) is 13.6 Å². The molecule has 1 fully saturated rings. The highest BCUT2D eigenvalue weighted by molar-refractivity contribution is 5.77. The van der Waals surface area contributed by atoms with Crippen molar-refractivity contribution in [1.82, 2.24) is 5.32 Å². The molecular formula is C21H23F2NO2. The first-order valence-electron chi connectivity index (χ1n) is 8.74. The molecule has 2 aromatic carbocycles. The van der Waals surface area contributed by atoms with Gasteiger partial charge in [-0.15, -0.1) is 0 Å². The number of carbonyl (C=O) groups is 1. The summed E-state index contributed by atoms with van der Waals surface area (Å²) in [5, 5.41) is 2.83. The van der Waals surface area contributed by atoms with Gasteiger partial charge in [0.1, 0.15) is 17.4 Å². The fraction of sp³-hybridized carbons (Fsp3) is 0.381. The van der Waals surface area contributed by atoms with Crippen LogP contribution in [-0.4, -0.2) is 19.1 Å². The highest BCUT2D eigenvalue weighted by atomic mass is 19.1. The first kappa shape index (κ1) is 18.4. The van der Waals surface area contributed by atoms with E-state index in [-0.39, 0.29) is 18.4 Å². The van der Waals surface area contributed by atoms with Gasteiger partial charge in [-0.2, -0.15) is 0 Å². The van der Waals surface area contributed by atoms with Gasteiger partial charge in [0.15, 0.2) is 6.61 Å². The molecule has 2 aromatic rings. The third-order valence-electron chi connectivity index (χ3n) is 5.37. The summed E-state index contributed by atoms with van der Waals surface area (Å²) in [7, 11) is 0. The van der Waals surface area contributed by atoms with Crippen LogP contribution < -0.4 is 10.1 Å². The molecule has 1 N–H and O–H groups in total. The minimum Gasteiger partial charge on any atom is -0.484 e. The van der Waals surface area contributed by atoms with E-state index in [1.807, 2.05) is 39.0 Å². The highest BCUT2D eigenvalue weighted by Gasteiger charge is 2.53. The number of hydrogen-bond donors (Lipinski definition) is 1. The molecule has 138 valence electrons. The smallest absolute Gasteiger partial charge is 0.257 e. The number of halogens is 2. The Kier molecular flexibility index (Phi) is 4.99. The molecule has 0 heterocycles. The van der Waals surface area contributed by atoms with E-state index in [4.69, 9.17) is 4.74 Å². The second-order valence-corrected chi connectivity index (χ2v) is 7.20. The third-order valence-corrected chi connectivity index (χ3v) is 5.37. The van der Waals surface area contributed by atoms with Gasteiger partial charge < -0.3 is 10.1 Å². The number of hydrogen-bond acceptors (Lipinski definition) is 2. The number of aryl methyl sites for hydroxylation is 2. The van der Waals surface area contributed by atoms with Crippen molar-refractivity contribution in [2.75, 3.05) is 13.2 Å². The standard InChI is InChI=1S/C21H23F2NO2/c1-13-4-6-17(8-14(13)2)26-11-20(25)24-12-21(10-15(21)3)18-7-5-16(22)9-19(18)23/h4-9,15H,10-12H2,1-3H3,(H,24,25). The number of benzene rings is 2. The molecule has 1 aliphatic carbocycles. The minimum absolute atomic E-state index is 0.0984. The van der Waals surface area contributed by atoms with Crippen molar-refractivity contribution < 1.29 is 18.3 Å². The zero-order chi connectivity index (χ0) is 18.9. The van der Waals surface area contributed by atoms with E-state index in [2.05, 4.69) is 5.32 Å². The van der Waals surface area contributed by atoms with Gasteiger partial charge in [-0.1, -0.05) is 19.1 Å². The van der Waals surface area contributed by atoms with Crippen LogP contribution in [0.3, 0.4) is 0 Å². The number of amides is 1. The predicted molar refractivity (Wildman–Crippen MR) is 96.2 cm³/mol. The molecular weight excluding hydrogens is 336 g/mol. The van der Waals surface area contributed by atoms with E-state index in [1.54, 1.807) is 0 Å². The first-order chi connectivity index (χ1) is 12.3. The second-order valence-electron chi connectivity index (χ2n) is 7.20. The monoisotopic (exact) mass is 359 g/mol. The Bertz CT molecular complexity index is 837. The van der Waals surface area contributed by atoms with E-state index in [0.717, 1.165) is 23.6 Å². The lowest BCUT2D eigenvalue weighted by atomic mass is 9.92.